The molecule has 11 heavy (non-hydrogen) atoms. The maximum Gasteiger partial charge on any atom is 0.260 e. The molecular formula is C7H7NO3. The van der Waals surface area contributed by atoms with Crippen LogP contribution in [0.5, 0.6) is 0 Å². The quantitative estimate of drug-likeness (QED) is 0.492. The fourth-order valence-corrected chi connectivity index (χ4v) is 0.804. The molecule has 0 unspecified atom stereocenters. The van der Waals surface area contributed by atoms with Crippen molar-refractivity contribution in [1.29, 1.82) is 0 Å². The molecule has 4 nitrogen and oxygen atoms in total. The van der Waals surface area contributed by atoms with Gasteiger partial charge in [-0.05, 0) is 0 Å². The molecule has 0 bridgehead atoms. The molecule has 0 aromatic heterocycles. The second-order valence-corrected chi connectivity index (χ2v) is 2.09. The zero-order chi connectivity index (χ0) is 8.43. The predicted molar refractivity (Wildman–Crippen MR) is 36.3 cm³/mol. The van der Waals surface area contributed by atoms with Crippen molar-refractivity contribution < 1.29 is 14.4 Å². The summed E-state index contributed by atoms with van der Waals surface area (Å²) in [7, 11) is 0. The van der Waals surface area contributed by atoms with Gasteiger partial charge in [0, 0.05) is 18.6 Å². The highest BCUT2D eigenvalue weighted by Gasteiger charge is 2.28. The number of carbonyl (C=O) groups is 3. The summed E-state index contributed by atoms with van der Waals surface area (Å²) >= 11 is 0. The van der Waals surface area contributed by atoms with Crippen molar-refractivity contribution in [2.24, 2.45) is 0 Å². The van der Waals surface area contributed by atoms with E-state index in [9.17, 15) is 14.4 Å². The normalized spacial score (nSPS) is 16.3. The molecule has 58 valence electrons. The van der Waals surface area contributed by atoms with E-state index >= 15 is 0 Å². The largest absolute Gasteiger partial charge is 0.274 e. The summed E-state index contributed by atoms with van der Waals surface area (Å²) in [6, 6.07) is 0. The average Bonchev–Trinajstić information content (AvgIpc) is 2.30. The van der Waals surface area contributed by atoms with Gasteiger partial charge < -0.3 is 0 Å². The third kappa shape index (κ3) is 1.19. The minimum atomic E-state index is -0.540. The van der Waals surface area contributed by atoms with Gasteiger partial charge in [0.15, 0.2) is 0 Å². The predicted octanol–water partition coefficient (Wildman–Crippen LogP) is -0.152. The third-order valence-electron chi connectivity index (χ3n) is 1.36. The SMILES string of the molecule is CCC(=O)N1C(=O)C=CC1=O. The standard InChI is InChI=1S/C7H7NO3/c1-2-5(9)8-6(10)3-4-7(8)11/h3-4H,2H2,1H3. The van der Waals surface area contributed by atoms with E-state index in [4.69, 9.17) is 0 Å². The van der Waals surface area contributed by atoms with Crippen LogP contribution in [0.4, 0.5) is 0 Å². The number of rotatable bonds is 1. The first-order chi connectivity index (χ1) is 5.16. The van der Waals surface area contributed by atoms with Gasteiger partial charge in [0.1, 0.15) is 0 Å². The fraction of sp³-hybridized carbons (Fsp3) is 0.286. The summed E-state index contributed by atoms with van der Waals surface area (Å²) in [5.41, 5.74) is 0. The van der Waals surface area contributed by atoms with Crippen LogP contribution in [0.2, 0.25) is 0 Å². The third-order valence-corrected chi connectivity index (χ3v) is 1.36. The Morgan fingerprint density at radius 2 is 1.82 bits per heavy atom. The smallest absolute Gasteiger partial charge is 0.260 e. The van der Waals surface area contributed by atoms with Crippen LogP contribution in [0.3, 0.4) is 0 Å². The number of nitrogens with zero attached hydrogens (tertiary/aromatic N) is 1. The Labute approximate surface area is 63.5 Å². The first kappa shape index (κ1) is 7.65. The lowest BCUT2D eigenvalue weighted by Crippen LogP contribution is -2.35. The Kier molecular flexibility index (Phi) is 1.85. The molecule has 0 aromatic rings. The van der Waals surface area contributed by atoms with Crippen LogP contribution in [0.1, 0.15) is 13.3 Å². The molecule has 0 radical (unpaired) electrons. The van der Waals surface area contributed by atoms with Gasteiger partial charge in [0.2, 0.25) is 5.91 Å². The molecule has 0 spiro atoms. The minimum absolute atomic E-state index is 0.166. The maximum absolute atomic E-state index is 10.9. The summed E-state index contributed by atoms with van der Waals surface area (Å²) in [5, 5.41) is 0. The maximum atomic E-state index is 10.9. The van der Waals surface area contributed by atoms with E-state index in [2.05, 4.69) is 0 Å². The number of imide groups is 3. The van der Waals surface area contributed by atoms with Gasteiger partial charge in [-0.15, -0.1) is 0 Å². The van der Waals surface area contributed by atoms with Crippen molar-refractivity contribution in [3.05, 3.63) is 12.2 Å². The lowest BCUT2D eigenvalue weighted by molar-refractivity contribution is -0.148. The van der Waals surface area contributed by atoms with E-state index in [1.807, 2.05) is 0 Å². The van der Waals surface area contributed by atoms with Crippen LogP contribution in [-0.2, 0) is 14.4 Å². The molecule has 0 saturated heterocycles. The van der Waals surface area contributed by atoms with Crippen molar-refractivity contribution in [2.45, 2.75) is 13.3 Å². The second-order valence-electron chi connectivity index (χ2n) is 2.09. The highest BCUT2D eigenvalue weighted by Crippen LogP contribution is 2.04. The van der Waals surface area contributed by atoms with Gasteiger partial charge in [-0.1, -0.05) is 6.92 Å². The summed E-state index contributed by atoms with van der Waals surface area (Å²) in [6.07, 6.45) is 2.35. The minimum Gasteiger partial charge on any atom is -0.274 e. The molecular weight excluding hydrogens is 146 g/mol. The number of hydrogen-bond donors (Lipinski definition) is 0. The monoisotopic (exact) mass is 153 g/mol. The molecule has 0 aliphatic carbocycles. The molecule has 1 rings (SSSR count). The van der Waals surface area contributed by atoms with E-state index < -0.39 is 17.7 Å². The van der Waals surface area contributed by atoms with Crippen LogP contribution >= 0.6 is 0 Å². The molecule has 1 aliphatic rings. The van der Waals surface area contributed by atoms with Gasteiger partial charge in [0.05, 0.1) is 0 Å². The summed E-state index contributed by atoms with van der Waals surface area (Å²) in [5.74, 6) is -1.53. The molecule has 0 fully saturated rings. The van der Waals surface area contributed by atoms with Crippen molar-refractivity contribution in [3.8, 4) is 0 Å². The van der Waals surface area contributed by atoms with E-state index in [1.54, 1.807) is 6.92 Å². The Morgan fingerprint density at radius 3 is 2.18 bits per heavy atom. The highest BCUT2D eigenvalue weighted by molar-refractivity contribution is 6.22. The zero-order valence-corrected chi connectivity index (χ0v) is 6.03. The number of carbonyl (C=O) groups excluding carboxylic acids is 3. The molecule has 4 heteroatoms. The lowest BCUT2D eigenvalue weighted by atomic mass is 10.4. The molecule has 0 atom stereocenters. The summed E-state index contributed by atoms with van der Waals surface area (Å²) < 4.78 is 0. The Balaban J connectivity index is 2.82. The van der Waals surface area contributed by atoms with Crippen LogP contribution < -0.4 is 0 Å². The Morgan fingerprint density at radius 1 is 1.36 bits per heavy atom. The second kappa shape index (κ2) is 2.65. The van der Waals surface area contributed by atoms with E-state index in [0.29, 0.717) is 4.90 Å². The highest BCUT2D eigenvalue weighted by atomic mass is 16.2. The van der Waals surface area contributed by atoms with Crippen molar-refractivity contribution in [3.63, 3.8) is 0 Å². The molecule has 0 N–H and O–H groups in total. The molecule has 0 aromatic carbocycles. The van der Waals surface area contributed by atoms with Gasteiger partial charge in [-0.2, -0.15) is 0 Å². The Bertz CT molecular complexity index is 236. The Hall–Kier alpha value is -1.45. The van der Waals surface area contributed by atoms with E-state index in [0.717, 1.165) is 12.2 Å². The van der Waals surface area contributed by atoms with Crippen LogP contribution in [-0.4, -0.2) is 22.6 Å². The van der Waals surface area contributed by atoms with Gasteiger partial charge in [0.25, 0.3) is 11.8 Å². The molecule has 1 aliphatic heterocycles. The number of amides is 3. The van der Waals surface area contributed by atoms with Crippen molar-refractivity contribution >= 4 is 17.7 Å². The van der Waals surface area contributed by atoms with Gasteiger partial charge in [-0.3, -0.25) is 14.4 Å². The molecule has 1 heterocycles. The lowest BCUT2D eigenvalue weighted by Gasteiger charge is -2.08. The van der Waals surface area contributed by atoms with Gasteiger partial charge in [-0.25, -0.2) is 4.90 Å². The summed E-state index contributed by atoms with van der Waals surface area (Å²) in [4.78, 5) is 33.1. The molecule has 3 amide bonds. The van der Waals surface area contributed by atoms with Crippen molar-refractivity contribution in [2.75, 3.05) is 0 Å². The van der Waals surface area contributed by atoms with Crippen LogP contribution in [0.25, 0.3) is 0 Å². The fourth-order valence-electron chi connectivity index (χ4n) is 0.804. The number of hydrogen-bond acceptors (Lipinski definition) is 3. The van der Waals surface area contributed by atoms with E-state index in [-0.39, 0.29) is 6.42 Å². The average molecular weight is 153 g/mol. The topological polar surface area (TPSA) is 54.5 Å². The van der Waals surface area contributed by atoms with Crippen LogP contribution in [0, 0.1) is 0 Å². The first-order valence-corrected chi connectivity index (χ1v) is 3.25. The molecule has 0 saturated carbocycles. The van der Waals surface area contributed by atoms with Crippen molar-refractivity contribution in [1.82, 2.24) is 4.90 Å². The van der Waals surface area contributed by atoms with Gasteiger partial charge >= 0.3 is 0 Å². The summed E-state index contributed by atoms with van der Waals surface area (Å²) in [6.45, 7) is 1.60. The first-order valence-electron chi connectivity index (χ1n) is 3.25. The zero-order valence-electron chi connectivity index (χ0n) is 6.03. The van der Waals surface area contributed by atoms with E-state index in [1.165, 1.54) is 0 Å². The van der Waals surface area contributed by atoms with Crippen LogP contribution in [0.15, 0.2) is 12.2 Å².